The topological polar surface area (TPSA) is 71.3 Å². The third-order valence-corrected chi connectivity index (χ3v) is 3.22. The normalized spacial score (nSPS) is 10.8. The second kappa shape index (κ2) is 5.88. The Balaban J connectivity index is 2.64. The van der Waals surface area contributed by atoms with Crippen molar-refractivity contribution in [2.24, 2.45) is 0 Å². The number of hydrogen-bond acceptors (Lipinski definition) is 3. The Hall–Kier alpha value is -2.14. The quantitative estimate of drug-likeness (QED) is 0.875. The molecule has 0 saturated carbocycles. The molecule has 1 aromatic heterocycles. The maximum Gasteiger partial charge on any atom is 0.256 e. The fraction of sp³-hybridized carbons (Fsp3) is 0.333. The Morgan fingerprint density at radius 3 is 2.80 bits per heavy atom. The van der Waals surface area contributed by atoms with Gasteiger partial charge in [-0.1, -0.05) is 11.6 Å². The molecule has 5 heteroatoms. The molecular weight excluding hydrogens is 256 g/mol. The molecule has 0 atom stereocenters. The van der Waals surface area contributed by atoms with Gasteiger partial charge in [-0.2, -0.15) is 0 Å². The lowest BCUT2D eigenvalue weighted by Crippen LogP contribution is -2.31. The van der Waals surface area contributed by atoms with E-state index < -0.39 is 5.91 Å². The van der Waals surface area contributed by atoms with Crippen LogP contribution in [0.3, 0.4) is 0 Å². The van der Waals surface area contributed by atoms with Crippen LogP contribution in [0.25, 0.3) is 10.9 Å². The summed E-state index contributed by atoms with van der Waals surface area (Å²) < 4.78 is 1.88. The predicted molar refractivity (Wildman–Crippen MR) is 78.0 cm³/mol. The van der Waals surface area contributed by atoms with Crippen molar-refractivity contribution < 1.29 is 9.90 Å². The first-order valence-electron chi connectivity index (χ1n) is 6.61. The molecule has 2 rings (SSSR count). The molecule has 0 spiro atoms. The second-order valence-corrected chi connectivity index (χ2v) is 4.66. The van der Waals surface area contributed by atoms with E-state index in [2.05, 4.69) is 5.32 Å². The minimum absolute atomic E-state index is 0.110. The molecule has 2 aromatic rings. The number of aryl methyl sites for hydroxylation is 2. The second-order valence-electron chi connectivity index (χ2n) is 4.66. The SMILES string of the molecule is CCn1cc(C(=O)NCCO)c(=O)c2cc(C)ccc21. The average molecular weight is 274 g/mol. The smallest absolute Gasteiger partial charge is 0.256 e. The number of rotatable bonds is 4. The summed E-state index contributed by atoms with van der Waals surface area (Å²) in [5.41, 5.74) is 1.63. The molecule has 0 fully saturated rings. The molecule has 0 radical (unpaired) electrons. The van der Waals surface area contributed by atoms with Gasteiger partial charge in [-0.25, -0.2) is 0 Å². The van der Waals surface area contributed by atoms with Crippen LogP contribution in [0.4, 0.5) is 0 Å². The maximum atomic E-state index is 12.4. The number of aliphatic hydroxyl groups excluding tert-OH is 1. The van der Waals surface area contributed by atoms with Crippen molar-refractivity contribution in [3.63, 3.8) is 0 Å². The van der Waals surface area contributed by atoms with Gasteiger partial charge in [0.1, 0.15) is 5.56 Å². The van der Waals surface area contributed by atoms with Gasteiger partial charge < -0.3 is 15.0 Å². The monoisotopic (exact) mass is 274 g/mol. The number of pyridine rings is 1. The van der Waals surface area contributed by atoms with Crippen LogP contribution in [0.2, 0.25) is 0 Å². The van der Waals surface area contributed by atoms with Gasteiger partial charge in [0.15, 0.2) is 0 Å². The van der Waals surface area contributed by atoms with E-state index in [0.717, 1.165) is 11.1 Å². The molecule has 1 aromatic carbocycles. The van der Waals surface area contributed by atoms with Gasteiger partial charge in [-0.3, -0.25) is 9.59 Å². The highest BCUT2D eigenvalue weighted by molar-refractivity contribution is 5.97. The molecule has 0 unspecified atom stereocenters. The number of fused-ring (bicyclic) bond motifs is 1. The van der Waals surface area contributed by atoms with Gasteiger partial charge in [0, 0.05) is 24.7 Å². The molecule has 1 heterocycles. The number of carbonyl (C=O) groups excluding carboxylic acids is 1. The zero-order chi connectivity index (χ0) is 14.7. The van der Waals surface area contributed by atoms with Gasteiger partial charge in [0.2, 0.25) is 5.43 Å². The van der Waals surface area contributed by atoms with Crippen LogP contribution in [0.1, 0.15) is 22.8 Å². The lowest BCUT2D eigenvalue weighted by Gasteiger charge is -2.12. The van der Waals surface area contributed by atoms with E-state index in [9.17, 15) is 9.59 Å². The summed E-state index contributed by atoms with van der Waals surface area (Å²) in [6.07, 6.45) is 1.58. The number of carbonyl (C=O) groups is 1. The summed E-state index contributed by atoms with van der Waals surface area (Å²) in [6.45, 7) is 4.52. The average Bonchev–Trinajstić information content (AvgIpc) is 2.45. The Morgan fingerprint density at radius 1 is 1.40 bits per heavy atom. The molecular formula is C15H18N2O3. The first-order valence-corrected chi connectivity index (χ1v) is 6.61. The van der Waals surface area contributed by atoms with Gasteiger partial charge in [0.05, 0.1) is 12.1 Å². The van der Waals surface area contributed by atoms with Crippen LogP contribution in [0.5, 0.6) is 0 Å². The van der Waals surface area contributed by atoms with E-state index >= 15 is 0 Å². The molecule has 106 valence electrons. The highest BCUT2D eigenvalue weighted by atomic mass is 16.3. The molecule has 1 amide bonds. The summed E-state index contributed by atoms with van der Waals surface area (Å²) in [4.78, 5) is 24.4. The molecule has 0 bridgehead atoms. The summed E-state index contributed by atoms with van der Waals surface area (Å²) in [6, 6.07) is 5.64. The summed E-state index contributed by atoms with van der Waals surface area (Å²) in [5, 5.41) is 11.8. The van der Waals surface area contributed by atoms with Crippen LogP contribution < -0.4 is 10.7 Å². The minimum Gasteiger partial charge on any atom is -0.395 e. The Kier molecular flexibility index (Phi) is 4.20. The fourth-order valence-electron chi connectivity index (χ4n) is 2.20. The van der Waals surface area contributed by atoms with Gasteiger partial charge >= 0.3 is 0 Å². The Morgan fingerprint density at radius 2 is 2.15 bits per heavy atom. The highest BCUT2D eigenvalue weighted by Gasteiger charge is 2.14. The largest absolute Gasteiger partial charge is 0.395 e. The number of nitrogens with one attached hydrogen (secondary N) is 1. The third-order valence-electron chi connectivity index (χ3n) is 3.22. The van der Waals surface area contributed by atoms with Crippen LogP contribution in [-0.2, 0) is 6.54 Å². The standard InChI is InChI=1S/C15H18N2O3/c1-3-17-9-12(15(20)16-6-7-18)14(19)11-8-10(2)4-5-13(11)17/h4-5,8-9,18H,3,6-7H2,1-2H3,(H,16,20). The van der Waals surface area contributed by atoms with Crippen molar-refractivity contribution in [1.29, 1.82) is 0 Å². The number of aliphatic hydroxyl groups is 1. The zero-order valence-corrected chi connectivity index (χ0v) is 11.6. The summed E-state index contributed by atoms with van der Waals surface area (Å²) in [7, 11) is 0. The van der Waals surface area contributed by atoms with Crippen LogP contribution >= 0.6 is 0 Å². The van der Waals surface area contributed by atoms with Gasteiger partial charge in [-0.05, 0) is 26.0 Å². The first kappa shape index (κ1) is 14.3. The number of hydrogen-bond donors (Lipinski definition) is 2. The van der Waals surface area contributed by atoms with Crippen molar-refractivity contribution in [2.45, 2.75) is 20.4 Å². The van der Waals surface area contributed by atoms with Crippen molar-refractivity contribution >= 4 is 16.8 Å². The summed E-state index contributed by atoms with van der Waals surface area (Å²) in [5.74, 6) is -0.449. The van der Waals surface area contributed by atoms with E-state index in [-0.39, 0.29) is 24.1 Å². The number of benzene rings is 1. The zero-order valence-electron chi connectivity index (χ0n) is 11.6. The lowest BCUT2D eigenvalue weighted by molar-refractivity contribution is 0.0943. The fourth-order valence-corrected chi connectivity index (χ4v) is 2.20. The number of nitrogens with zero attached hydrogens (tertiary/aromatic N) is 1. The third kappa shape index (κ3) is 2.58. The minimum atomic E-state index is -0.449. The Labute approximate surface area is 116 Å². The van der Waals surface area contributed by atoms with Crippen LogP contribution in [0.15, 0.2) is 29.2 Å². The first-order chi connectivity index (χ1) is 9.58. The number of amides is 1. The molecule has 0 saturated heterocycles. The van der Waals surface area contributed by atoms with E-state index in [1.165, 1.54) is 0 Å². The van der Waals surface area contributed by atoms with Crippen molar-refractivity contribution in [3.8, 4) is 0 Å². The summed E-state index contributed by atoms with van der Waals surface area (Å²) >= 11 is 0. The molecule has 20 heavy (non-hydrogen) atoms. The van der Waals surface area contributed by atoms with Gasteiger partial charge in [-0.15, -0.1) is 0 Å². The van der Waals surface area contributed by atoms with Crippen molar-refractivity contribution in [2.75, 3.05) is 13.2 Å². The van der Waals surface area contributed by atoms with Gasteiger partial charge in [0.25, 0.3) is 5.91 Å². The molecule has 2 N–H and O–H groups in total. The van der Waals surface area contributed by atoms with Crippen molar-refractivity contribution in [3.05, 3.63) is 45.7 Å². The van der Waals surface area contributed by atoms with Crippen molar-refractivity contribution in [1.82, 2.24) is 9.88 Å². The lowest BCUT2D eigenvalue weighted by atomic mass is 10.1. The maximum absolute atomic E-state index is 12.4. The molecule has 0 aliphatic heterocycles. The predicted octanol–water partition coefficient (Wildman–Crippen LogP) is 1.05. The highest BCUT2D eigenvalue weighted by Crippen LogP contribution is 2.14. The van der Waals surface area contributed by atoms with E-state index in [1.807, 2.05) is 30.5 Å². The van der Waals surface area contributed by atoms with Crippen LogP contribution in [-0.4, -0.2) is 28.7 Å². The number of aromatic nitrogens is 1. The molecule has 0 aliphatic carbocycles. The van der Waals surface area contributed by atoms with E-state index in [4.69, 9.17) is 5.11 Å². The van der Waals surface area contributed by atoms with E-state index in [1.54, 1.807) is 12.3 Å². The van der Waals surface area contributed by atoms with E-state index in [0.29, 0.717) is 11.9 Å². The molecule has 5 nitrogen and oxygen atoms in total. The molecule has 0 aliphatic rings. The Bertz CT molecular complexity index is 704. The van der Waals surface area contributed by atoms with Crippen LogP contribution in [0, 0.1) is 6.92 Å².